The summed E-state index contributed by atoms with van der Waals surface area (Å²) in [7, 11) is 0. The molecule has 5 nitrogen and oxygen atoms in total. The first-order valence-corrected chi connectivity index (χ1v) is 6.14. The Morgan fingerprint density at radius 3 is 2.85 bits per heavy atom. The third-order valence-electron chi connectivity index (χ3n) is 3.01. The number of nitrogens with one attached hydrogen (secondary N) is 1. The van der Waals surface area contributed by atoms with Crippen molar-refractivity contribution in [2.24, 2.45) is 0 Å². The molecule has 0 aliphatic carbocycles. The van der Waals surface area contributed by atoms with Gasteiger partial charge in [0, 0.05) is 31.0 Å². The molecule has 1 N–H and O–H groups in total. The number of rotatable bonds is 5. The van der Waals surface area contributed by atoms with Crippen LogP contribution in [0, 0.1) is 15.9 Å². The van der Waals surface area contributed by atoms with Crippen LogP contribution >= 0.6 is 0 Å². The molecule has 0 saturated heterocycles. The van der Waals surface area contributed by atoms with E-state index in [4.69, 9.17) is 0 Å². The topological polar surface area (TPSA) is 68.1 Å². The summed E-state index contributed by atoms with van der Waals surface area (Å²) in [6, 6.07) is 7.76. The maximum Gasteiger partial charge on any atom is 0.304 e. The third-order valence-corrected chi connectivity index (χ3v) is 3.01. The number of benzene rings is 1. The molecule has 0 bridgehead atoms. The Morgan fingerprint density at radius 1 is 1.45 bits per heavy atom. The zero-order chi connectivity index (χ0) is 14.5. The van der Waals surface area contributed by atoms with Crippen LogP contribution in [0.5, 0.6) is 0 Å². The van der Waals surface area contributed by atoms with Crippen molar-refractivity contribution in [1.82, 2.24) is 10.3 Å². The SMILES string of the molecule is C[C@@H](NCc1ccc([N+](=O)[O-])c(F)c1)c1cccnc1. The van der Waals surface area contributed by atoms with E-state index in [1.54, 1.807) is 18.5 Å². The molecule has 0 aliphatic heterocycles. The minimum atomic E-state index is -0.816. The molecule has 1 aromatic heterocycles. The summed E-state index contributed by atoms with van der Waals surface area (Å²) >= 11 is 0. The van der Waals surface area contributed by atoms with E-state index in [1.807, 2.05) is 19.1 Å². The highest BCUT2D eigenvalue weighted by molar-refractivity contribution is 5.35. The average Bonchev–Trinajstić information content (AvgIpc) is 2.45. The van der Waals surface area contributed by atoms with Crippen molar-refractivity contribution in [3.63, 3.8) is 0 Å². The standard InChI is InChI=1S/C14H14FN3O2/c1-10(12-3-2-6-16-9-12)17-8-11-4-5-14(18(19)20)13(15)7-11/h2-7,9-10,17H,8H2,1H3/t10-/m1/s1. The molecular weight excluding hydrogens is 261 g/mol. The average molecular weight is 275 g/mol. The van der Waals surface area contributed by atoms with Crippen LogP contribution in [-0.2, 0) is 6.54 Å². The van der Waals surface area contributed by atoms with Gasteiger partial charge in [-0.05, 0) is 30.2 Å². The van der Waals surface area contributed by atoms with Crippen LogP contribution in [0.25, 0.3) is 0 Å². The molecule has 2 aromatic rings. The fraction of sp³-hybridized carbons (Fsp3) is 0.214. The Kier molecular flexibility index (Phi) is 4.37. The normalized spacial score (nSPS) is 12.1. The van der Waals surface area contributed by atoms with E-state index in [2.05, 4.69) is 10.3 Å². The highest BCUT2D eigenvalue weighted by Gasteiger charge is 2.14. The monoisotopic (exact) mass is 275 g/mol. The predicted molar refractivity (Wildman–Crippen MR) is 72.5 cm³/mol. The maximum atomic E-state index is 13.5. The summed E-state index contributed by atoms with van der Waals surface area (Å²) in [5, 5.41) is 13.7. The first-order valence-electron chi connectivity index (χ1n) is 6.14. The summed E-state index contributed by atoms with van der Waals surface area (Å²) in [5.41, 5.74) is 1.17. The second-order valence-electron chi connectivity index (χ2n) is 4.43. The Balaban J connectivity index is 2.01. The molecule has 0 unspecified atom stereocenters. The molecule has 0 spiro atoms. The first-order chi connectivity index (χ1) is 9.58. The number of nitro groups is 1. The van der Waals surface area contributed by atoms with Gasteiger partial charge in [-0.1, -0.05) is 12.1 Å². The van der Waals surface area contributed by atoms with Gasteiger partial charge in [0.15, 0.2) is 0 Å². The fourth-order valence-electron chi connectivity index (χ4n) is 1.83. The number of nitro benzene ring substituents is 1. The minimum Gasteiger partial charge on any atom is -0.306 e. The molecule has 1 aromatic carbocycles. The Labute approximate surface area is 115 Å². The minimum absolute atomic E-state index is 0.0574. The summed E-state index contributed by atoms with van der Waals surface area (Å²) in [6.45, 7) is 2.39. The lowest BCUT2D eigenvalue weighted by Gasteiger charge is -2.13. The smallest absolute Gasteiger partial charge is 0.304 e. The molecule has 0 radical (unpaired) electrons. The van der Waals surface area contributed by atoms with Gasteiger partial charge in [-0.2, -0.15) is 4.39 Å². The Hall–Kier alpha value is -2.34. The zero-order valence-electron chi connectivity index (χ0n) is 10.9. The molecule has 20 heavy (non-hydrogen) atoms. The molecule has 0 amide bonds. The van der Waals surface area contributed by atoms with Gasteiger partial charge < -0.3 is 5.32 Å². The van der Waals surface area contributed by atoms with E-state index in [0.717, 1.165) is 5.56 Å². The van der Waals surface area contributed by atoms with Crippen molar-refractivity contribution in [3.8, 4) is 0 Å². The van der Waals surface area contributed by atoms with Crippen LogP contribution in [0.3, 0.4) is 0 Å². The van der Waals surface area contributed by atoms with E-state index < -0.39 is 16.4 Å². The van der Waals surface area contributed by atoms with Crippen LogP contribution in [0.2, 0.25) is 0 Å². The number of nitrogens with zero attached hydrogens (tertiary/aromatic N) is 2. The van der Waals surface area contributed by atoms with Gasteiger partial charge >= 0.3 is 5.69 Å². The van der Waals surface area contributed by atoms with Crippen LogP contribution in [0.4, 0.5) is 10.1 Å². The molecule has 1 atom stereocenters. The molecule has 0 aliphatic rings. The van der Waals surface area contributed by atoms with E-state index in [-0.39, 0.29) is 6.04 Å². The quantitative estimate of drug-likeness (QED) is 0.672. The van der Waals surface area contributed by atoms with Gasteiger partial charge in [0.05, 0.1) is 4.92 Å². The van der Waals surface area contributed by atoms with Crippen molar-refractivity contribution in [1.29, 1.82) is 0 Å². The lowest BCUT2D eigenvalue weighted by Crippen LogP contribution is -2.18. The van der Waals surface area contributed by atoms with E-state index in [1.165, 1.54) is 12.1 Å². The molecule has 0 fully saturated rings. The van der Waals surface area contributed by atoms with Crippen LogP contribution in [0.15, 0.2) is 42.7 Å². The molecule has 1 heterocycles. The maximum absolute atomic E-state index is 13.5. The predicted octanol–water partition coefficient (Wildman–Crippen LogP) is 2.98. The number of hydrogen-bond donors (Lipinski definition) is 1. The van der Waals surface area contributed by atoms with Gasteiger partial charge in [0.2, 0.25) is 5.82 Å². The third kappa shape index (κ3) is 3.36. The largest absolute Gasteiger partial charge is 0.306 e. The second kappa shape index (κ2) is 6.21. The van der Waals surface area contributed by atoms with Crippen LogP contribution in [0.1, 0.15) is 24.1 Å². The molecule has 2 rings (SSSR count). The molecule has 0 saturated carbocycles. The highest BCUT2D eigenvalue weighted by atomic mass is 19.1. The summed E-state index contributed by atoms with van der Waals surface area (Å²) in [5.74, 6) is -0.816. The van der Waals surface area contributed by atoms with Crippen molar-refractivity contribution in [2.45, 2.75) is 19.5 Å². The van der Waals surface area contributed by atoms with Crippen LogP contribution in [-0.4, -0.2) is 9.91 Å². The van der Waals surface area contributed by atoms with Crippen LogP contribution < -0.4 is 5.32 Å². The Bertz CT molecular complexity index is 605. The fourth-order valence-corrected chi connectivity index (χ4v) is 1.83. The molecule has 104 valence electrons. The van der Waals surface area contributed by atoms with E-state index in [9.17, 15) is 14.5 Å². The second-order valence-corrected chi connectivity index (χ2v) is 4.43. The van der Waals surface area contributed by atoms with E-state index >= 15 is 0 Å². The summed E-state index contributed by atoms with van der Waals surface area (Å²) in [6.07, 6.45) is 3.45. The lowest BCUT2D eigenvalue weighted by molar-refractivity contribution is -0.387. The summed E-state index contributed by atoms with van der Waals surface area (Å²) in [4.78, 5) is 13.8. The van der Waals surface area contributed by atoms with Gasteiger partial charge in [0.1, 0.15) is 0 Å². The number of halogens is 1. The van der Waals surface area contributed by atoms with Gasteiger partial charge in [0.25, 0.3) is 0 Å². The van der Waals surface area contributed by atoms with Gasteiger partial charge in [-0.25, -0.2) is 0 Å². The number of hydrogen-bond acceptors (Lipinski definition) is 4. The molecular formula is C14H14FN3O2. The van der Waals surface area contributed by atoms with Crippen molar-refractivity contribution in [2.75, 3.05) is 0 Å². The molecule has 6 heteroatoms. The van der Waals surface area contributed by atoms with Crippen molar-refractivity contribution in [3.05, 3.63) is 69.8 Å². The highest BCUT2D eigenvalue weighted by Crippen LogP contribution is 2.18. The van der Waals surface area contributed by atoms with E-state index in [0.29, 0.717) is 12.1 Å². The summed E-state index contributed by atoms with van der Waals surface area (Å²) < 4.78 is 13.5. The lowest BCUT2D eigenvalue weighted by atomic mass is 10.1. The number of pyridine rings is 1. The first kappa shape index (κ1) is 14.1. The van der Waals surface area contributed by atoms with Crippen molar-refractivity contribution >= 4 is 5.69 Å². The van der Waals surface area contributed by atoms with Crippen molar-refractivity contribution < 1.29 is 9.31 Å². The number of aromatic nitrogens is 1. The van der Waals surface area contributed by atoms with Gasteiger partial charge in [-0.15, -0.1) is 0 Å². The zero-order valence-corrected chi connectivity index (χ0v) is 10.9. The van der Waals surface area contributed by atoms with Gasteiger partial charge in [-0.3, -0.25) is 15.1 Å². The Morgan fingerprint density at radius 2 is 2.25 bits per heavy atom.